The highest BCUT2D eigenvalue weighted by molar-refractivity contribution is 6.31. The highest BCUT2D eigenvalue weighted by Gasteiger charge is 2.07. The molecule has 1 heterocycles. The molecule has 0 atom stereocenters. The molecule has 1 aromatic heterocycles. The normalized spacial score (nSPS) is 10.3. The van der Waals surface area contributed by atoms with Crippen molar-refractivity contribution in [3.05, 3.63) is 64.4 Å². The zero-order chi connectivity index (χ0) is 13.0. The van der Waals surface area contributed by atoms with Crippen molar-refractivity contribution in [1.29, 1.82) is 0 Å². The lowest BCUT2D eigenvalue weighted by Crippen LogP contribution is -2.01. The van der Waals surface area contributed by atoms with E-state index in [0.717, 1.165) is 17.5 Å². The fourth-order valence-corrected chi connectivity index (χ4v) is 1.90. The van der Waals surface area contributed by atoms with Crippen molar-refractivity contribution in [2.45, 2.75) is 19.8 Å². The van der Waals surface area contributed by atoms with Crippen LogP contribution < -0.4 is 0 Å². The Morgan fingerprint density at radius 3 is 2.61 bits per heavy atom. The zero-order valence-electron chi connectivity index (χ0n) is 10.2. The lowest BCUT2D eigenvalue weighted by Gasteiger charge is -2.04. The number of pyridine rings is 1. The van der Waals surface area contributed by atoms with Gasteiger partial charge in [-0.2, -0.15) is 0 Å². The van der Waals surface area contributed by atoms with E-state index in [1.165, 1.54) is 0 Å². The molecule has 1 aromatic carbocycles. The first kappa shape index (κ1) is 12.8. The van der Waals surface area contributed by atoms with Gasteiger partial charge in [0.05, 0.1) is 0 Å². The van der Waals surface area contributed by atoms with E-state index in [2.05, 4.69) is 4.98 Å². The summed E-state index contributed by atoms with van der Waals surface area (Å²) in [7, 11) is 0. The highest BCUT2D eigenvalue weighted by atomic mass is 35.5. The molecular weight excluding hydrogens is 246 g/mol. The van der Waals surface area contributed by atoms with E-state index in [4.69, 9.17) is 11.6 Å². The van der Waals surface area contributed by atoms with E-state index in [1.54, 1.807) is 18.5 Å². The molecule has 2 nitrogen and oxygen atoms in total. The monoisotopic (exact) mass is 259 g/mol. The predicted octanol–water partition coefficient (Wildman–Crippen LogP) is 3.86. The summed E-state index contributed by atoms with van der Waals surface area (Å²) in [5, 5.41) is 0.643. The Morgan fingerprint density at radius 2 is 1.94 bits per heavy atom. The molecule has 0 saturated heterocycles. The van der Waals surface area contributed by atoms with Crippen LogP contribution in [0.1, 0.15) is 27.9 Å². The minimum atomic E-state index is 0.119. The average Bonchev–Trinajstić information content (AvgIpc) is 2.40. The quantitative estimate of drug-likeness (QED) is 0.781. The molecule has 0 spiro atoms. The molecule has 0 aliphatic rings. The summed E-state index contributed by atoms with van der Waals surface area (Å²) >= 11 is 6.01. The van der Waals surface area contributed by atoms with Gasteiger partial charge in [0.2, 0.25) is 0 Å². The smallest absolute Gasteiger partial charge is 0.163 e. The molecule has 92 valence electrons. The maximum atomic E-state index is 12.0. The van der Waals surface area contributed by atoms with Crippen LogP contribution in [-0.4, -0.2) is 10.8 Å². The first-order chi connectivity index (χ1) is 8.66. The molecule has 18 heavy (non-hydrogen) atoms. The van der Waals surface area contributed by atoms with Crippen LogP contribution in [0.5, 0.6) is 0 Å². The molecule has 0 radical (unpaired) electrons. The van der Waals surface area contributed by atoms with Gasteiger partial charge in [0.15, 0.2) is 5.78 Å². The van der Waals surface area contributed by atoms with Crippen molar-refractivity contribution < 1.29 is 4.79 Å². The number of aromatic nitrogens is 1. The van der Waals surface area contributed by atoms with Gasteiger partial charge in [-0.25, -0.2) is 0 Å². The SMILES string of the molecule is Cc1ccc(C(=O)CCc2ccncc2)cc1Cl. The van der Waals surface area contributed by atoms with E-state index in [1.807, 2.05) is 31.2 Å². The Hall–Kier alpha value is -1.67. The van der Waals surface area contributed by atoms with Gasteiger partial charge < -0.3 is 0 Å². The first-order valence-electron chi connectivity index (χ1n) is 5.85. The molecule has 2 rings (SSSR count). The molecular formula is C15H14ClNO. The maximum Gasteiger partial charge on any atom is 0.163 e. The van der Waals surface area contributed by atoms with Gasteiger partial charge in [-0.05, 0) is 42.7 Å². The molecule has 3 heteroatoms. The minimum absolute atomic E-state index is 0.119. The number of aryl methyl sites for hydroxylation is 2. The van der Waals surface area contributed by atoms with E-state index in [0.29, 0.717) is 17.0 Å². The third kappa shape index (κ3) is 3.17. The van der Waals surface area contributed by atoms with Gasteiger partial charge in [-0.3, -0.25) is 9.78 Å². The van der Waals surface area contributed by atoms with Crippen molar-refractivity contribution in [3.8, 4) is 0 Å². The molecule has 0 amide bonds. The van der Waals surface area contributed by atoms with Gasteiger partial charge in [0.25, 0.3) is 0 Å². The topological polar surface area (TPSA) is 30.0 Å². The second-order valence-corrected chi connectivity index (χ2v) is 4.65. The molecule has 0 N–H and O–H groups in total. The van der Waals surface area contributed by atoms with Crippen LogP contribution in [0.25, 0.3) is 0 Å². The van der Waals surface area contributed by atoms with Crippen molar-refractivity contribution >= 4 is 17.4 Å². The predicted molar refractivity (Wildman–Crippen MR) is 73.1 cm³/mol. The van der Waals surface area contributed by atoms with Gasteiger partial charge in [0, 0.05) is 29.4 Å². The van der Waals surface area contributed by atoms with Gasteiger partial charge in [-0.15, -0.1) is 0 Å². The molecule has 0 unspecified atom stereocenters. The first-order valence-corrected chi connectivity index (χ1v) is 6.23. The van der Waals surface area contributed by atoms with Crippen molar-refractivity contribution in [3.63, 3.8) is 0 Å². The van der Waals surface area contributed by atoms with E-state index < -0.39 is 0 Å². The van der Waals surface area contributed by atoms with Crippen LogP contribution >= 0.6 is 11.6 Å². The van der Waals surface area contributed by atoms with Crippen LogP contribution in [0.15, 0.2) is 42.7 Å². The number of hydrogen-bond acceptors (Lipinski definition) is 2. The number of carbonyl (C=O) groups is 1. The van der Waals surface area contributed by atoms with E-state index in [9.17, 15) is 4.79 Å². The Labute approximate surface area is 112 Å². The molecule has 0 aliphatic carbocycles. The fourth-order valence-electron chi connectivity index (χ4n) is 1.72. The molecule has 2 aromatic rings. The van der Waals surface area contributed by atoms with Crippen molar-refractivity contribution in [2.75, 3.05) is 0 Å². The summed E-state index contributed by atoms with van der Waals surface area (Å²) < 4.78 is 0. The number of halogens is 1. The van der Waals surface area contributed by atoms with Gasteiger partial charge in [0.1, 0.15) is 0 Å². The highest BCUT2D eigenvalue weighted by Crippen LogP contribution is 2.18. The van der Waals surface area contributed by atoms with Crippen LogP contribution in [0, 0.1) is 6.92 Å². The lowest BCUT2D eigenvalue weighted by molar-refractivity contribution is 0.0983. The van der Waals surface area contributed by atoms with Crippen LogP contribution in [0.2, 0.25) is 5.02 Å². The minimum Gasteiger partial charge on any atom is -0.294 e. The summed E-state index contributed by atoms with van der Waals surface area (Å²) in [6.45, 7) is 1.92. The number of Topliss-reactive ketones (excluding diaryl/α,β-unsaturated/α-hetero) is 1. The van der Waals surface area contributed by atoms with Crippen LogP contribution in [-0.2, 0) is 6.42 Å². The summed E-state index contributed by atoms with van der Waals surface area (Å²) in [6.07, 6.45) is 4.70. The fraction of sp³-hybridized carbons (Fsp3) is 0.200. The Kier molecular flexibility index (Phi) is 4.11. The van der Waals surface area contributed by atoms with Crippen LogP contribution in [0.3, 0.4) is 0 Å². The summed E-state index contributed by atoms with van der Waals surface area (Å²) in [5.74, 6) is 0.119. The number of ketones is 1. The Bertz CT molecular complexity index is 552. The average molecular weight is 260 g/mol. The number of hydrogen-bond donors (Lipinski definition) is 0. The Morgan fingerprint density at radius 1 is 1.22 bits per heavy atom. The van der Waals surface area contributed by atoms with Crippen LogP contribution in [0.4, 0.5) is 0 Å². The lowest BCUT2D eigenvalue weighted by atomic mass is 10.0. The third-order valence-electron chi connectivity index (χ3n) is 2.88. The second-order valence-electron chi connectivity index (χ2n) is 4.24. The summed E-state index contributed by atoms with van der Waals surface area (Å²) in [6, 6.07) is 9.30. The maximum absolute atomic E-state index is 12.0. The molecule has 0 saturated carbocycles. The van der Waals surface area contributed by atoms with Crippen molar-refractivity contribution in [1.82, 2.24) is 4.98 Å². The largest absolute Gasteiger partial charge is 0.294 e. The van der Waals surface area contributed by atoms with E-state index in [-0.39, 0.29) is 5.78 Å². The zero-order valence-corrected chi connectivity index (χ0v) is 10.9. The van der Waals surface area contributed by atoms with Crippen molar-refractivity contribution in [2.24, 2.45) is 0 Å². The number of nitrogens with zero attached hydrogens (tertiary/aromatic N) is 1. The second kappa shape index (κ2) is 5.78. The number of carbonyl (C=O) groups excluding carboxylic acids is 1. The molecule has 0 bridgehead atoms. The summed E-state index contributed by atoms with van der Waals surface area (Å²) in [4.78, 5) is 16.0. The molecule has 0 aliphatic heterocycles. The number of benzene rings is 1. The summed E-state index contributed by atoms with van der Waals surface area (Å²) in [5.41, 5.74) is 2.79. The number of rotatable bonds is 4. The Balaban J connectivity index is 2.02. The van der Waals surface area contributed by atoms with E-state index >= 15 is 0 Å². The third-order valence-corrected chi connectivity index (χ3v) is 3.29. The standard InChI is InChI=1S/C15H14ClNO/c1-11-2-4-13(10-14(11)16)15(18)5-3-12-6-8-17-9-7-12/h2,4,6-10H,3,5H2,1H3. The van der Waals surface area contributed by atoms with Gasteiger partial charge >= 0.3 is 0 Å². The molecule has 0 fully saturated rings. The van der Waals surface area contributed by atoms with Gasteiger partial charge in [-0.1, -0.05) is 23.7 Å².